The number of hydrogen-bond donors (Lipinski definition) is 2. The Balaban J connectivity index is 1.78. The van der Waals surface area contributed by atoms with Crippen molar-refractivity contribution >= 4 is 0 Å². The van der Waals surface area contributed by atoms with Crippen LogP contribution in [-0.4, -0.2) is 10.2 Å². The third kappa shape index (κ3) is 3.91. The summed E-state index contributed by atoms with van der Waals surface area (Å²) in [5.41, 5.74) is 1.87. The minimum atomic E-state index is 0.171. The van der Waals surface area contributed by atoms with Gasteiger partial charge in [-0.15, -0.1) is 0 Å². The molecule has 0 atom stereocenters. The van der Waals surface area contributed by atoms with Gasteiger partial charge in [0, 0.05) is 5.56 Å². The molecule has 0 saturated heterocycles. The molecule has 0 heterocycles. The van der Waals surface area contributed by atoms with E-state index in [0.29, 0.717) is 23.0 Å². The second kappa shape index (κ2) is 7.76. The van der Waals surface area contributed by atoms with Gasteiger partial charge in [0.05, 0.1) is 0 Å². The Morgan fingerprint density at radius 2 is 1.07 bits per heavy atom. The zero-order valence-electron chi connectivity index (χ0n) is 14.9. The third-order valence-electron chi connectivity index (χ3n) is 4.18. The molecule has 0 aliphatic rings. The summed E-state index contributed by atoms with van der Waals surface area (Å²) < 4.78 is 12.2. The van der Waals surface area contributed by atoms with Crippen LogP contribution < -0.4 is 9.47 Å². The fraction of sp³-hybridized carbons (Fsp3) is 0. The van der Waals surface area contributed by atoms with E-state index < -0.39 is 0 Å². The average molecular weight is 370 g/mol. The number of para-hydroxylation sites is 1. The second-order valence-electron chi connectivity index (χ2n) is 6.19. The SMILES string of the molecule is Oc1ccc(Oc2cccc(-c3ccccc3)c2Oc2ccc(O)cc2)cc1. The predicted molar refractivity (Wildman–Crippen MR) is 108 cm³/mol. The summed E-state index contributed by atoms with van der Waals surface area (Å²) in [6, 6.07) is 28.6. The van der Waals surface area contributed by atoms with Crippen molar-refractivity contribution in [1.82, 2.24) is 0 Å². The van der Waals surface area contributed by atoms with Crippen LogP contribution in [0.25, 0.3) is 11.1 Å². The highest BCUT2D eigenvalue weighted by Crippen LogP contribution is 2.42. The molecule has 0 spiro atoms. The van der Waals surface area contributed by atoms with Crippen molar-refractivity contribution in [3.8, 4) is 45.6 Å². The van der Waals surface area contributed by atoms with Crippen LogP contribution in [0.1, 0.15) is 0 Å². The summed E-state index contributed by atoms with van der Waals surface area (Å²) in [6.07, 6.45) is 0. The largest absolute Gasteiger partial charge is 0.508 e. The van der Waals surface area contributed by atoms with E-state index in [-0.39, 0.29) is 11.5 Å². The summed E-state index contributed by atoms with van der Waals surface area (Å²) in [6.45, 7) is 0. The van der Waals surface area contributed by atoms with Crippen molar-refractivity contribution in [3.05, 3.63) is 97.1 Å². The van der Waals surface area contributed by atoms with Gasteiger partial charge in [0.15, 0.2) is 11.5 Å². The lowest BCUT2D eigenvalue weighted by molar-refractivity contribution is 0.417. The number of aromatic hydroxyl groups is 2. The van der Waals surface area contributed by atoms with Gasteiger partial charge < -0.3 is 19.7 Å². The summed E-state index contributed by atoms with van der Waals surface area (Å²) in [7, 11) is 0. The molecule has 0 aliphatic carbocycles. The van der Waals surface area contributed by atoms with E-state index in [0.717, 1.165) is 11.1 Å². The van der Waals surface area contributed by atoms with Gasteiger partial charge in [0.25, 0.3) is 0 Å². The van der Waals surface area contributed by atoms with Crippen LogP contribution in [0.15, 0.2) is 97.1 Å². The first kappa shape index (κ1) is 17.5. The standard InChI is InChI=1S/C24H18O4/c25-18-9-13-20(14-10-18)27-23-8-4-7-22(17-5-2-1-3-6-17)24(23)28-21-15-11-19(26)12-16-21/h1-16,25-26H. The van der Waals surface area contributed by atoms with Crippen LogP contribution in [0.3, 0.4) is 0 Å². The second-order valence-corrected chi connectivity index (χ2v) is 6.19. The van der Waals surface area contributed by atoms with Crippen molar-refractivity contribution in [1.29, 1.82) is 0 Å². The number of benzene rings is 4. The number of rotatable bonds is 5. The molecule has 4 nitrogen and oxygen atoms in total. The zero-order valence-corrected chi connectivity index (χ0v) is 14.9. The molecule has 28 heavy (non-hydrogen) atoms. The first-order valence-electron chi connectivity index (χ1n) is 8.81. The van der Waals surface area contributed by atoms with Crippen LogP contribution in [0.2, 0.25) is 0 Å². The molecule has 0 saturated carbocycles. The highest BCUT2D eigenvalue weighted by Gasteiger charge is 2.15. The topological polar surface area (TPSA) is 58.9 Å². The maximum Gasteiger partial charge on any atom is 0.177 e. The van der Waals surface area contributed by atoms with Gasteiger partial charge in [-0.1, -0.05) is 42.5 Å². The number of hydrogen-bond acceptors (Lipinski definition) is 4. The number of ether oxygens (including phenoxy) is 2. The van der Waals surface area contributed by atoms with E-state index in [1.165, 1.54) is 0 Å². The van der Waals surface area contributed by atoms with Crippen molar-refractivity contribution in [3.63, 3.8) is 0 Å². The summed E-state index contributed by atoms with van der Waals surface area (Å²) in [4.78, 5) is 0. The number of phenols is 2. The molecule has 4 heteroatoms. The van der Waals surface area contributed by atoms with Gasteiger partial charge in [0.1, 0.15) is 23.0 Å². The fourth-order valence-electron chi connectivity index (χ4n) is 2.82. The first-order valence-corrected chi connectivity index (χ1v) is 8.81. The summed E-state index contributed by atoms with van der Waals surface area (Å²) in [5.74, 6) is 2.61. The van der Waals surface area contributed by atoms with Crippen molar-refractivity contribution in [2.24, 2.45) is 0 Å². The highest BCUT2D eigenvalue weighted by molar-refractivity contribution is 5.74. The van der Waals surface area contributed by atoms with Crippen LogP contribution in [0.4, 0.5) is 0 Å². The van der Waals surface area contributed by atoms with Gasteiger partial charge in [-0.25, -0.2) is 0 Å². The van der Waals surface area contributed by atoms with Gasteiger partial charge >= 0.3 is 0 Å². The van der Waals surface area contributed by atoms with E-state index in [1.54, 1.807) is 48.5 Å². The lowest BCUT2D eigenvalue weighted by Gasteiger charge is -2.16. The molecule has 0 bridgehead atoms. The van der Waals surface area contributed by atoms with Crippen LogP contribution >= 0.6 is 0 Å². The van der Waals surface area contributed by atoms with Crippen LogP contribution in [0, 0.1) is 0 Å². The first-order chi connectivity index (χ1) is 13.7. The van der Waals surface area contributed by atoms with Crippen molar-refractivity contribution in [2.75, 3.05) is 0 Å². The molecule has 0 radical (unpaired) electrons. The number of phenolic OH excluding ortho intramolecular Hbond substituents is 2. The van der Waals surface area contributed by atoms with E-state index in [1.807, 2.05) is 48.5 Å². The molecule has 0 amide bonds. The van der Waals surface area contributed by atoms with E-state index in [4.69, 9.17) is 9.47 Å². The van der Waals surface area contributed by atoms with E-state index in [9.17, 15) is 10.2 Å². The molecule has 138 valence electrons. The quantitative estimate of drug-likeness (QED) is 0.430. The molecule has 0 unspecified atom stereocenters. The predicted octanol–water partition coefficient (Wildman–Crippen LogP) is 6.35. The zero-order chi connectivity index (χ0) is 19.3. The highest BCUT2D eigenvalue weighted by atomic mass is 16.5. The van der Waals surface area contributed by atoms with Crippen molar-refractivity contribution in [2.45, 2.75) is 0 Å². The van der Waals surface area contributed by atoms with Gasteiger partial charge in [-0.3, -0.25) is 0 Å². The molecule has 2 N–H and O–H groups in total. The molecule has 4 aromatic carbocycles. The van der Waals surface area contributed by atoms with Gasteiger partial charge in [-0.05, 0) is 60.2 Å². The van der Waals surface area contributed by atoms with Crippen LogP contribution in [-0.2, 0) is 0 Å². The maximum atomic E-state index is 9.53. The Morgan fingerprint density at radius 1 is 0.500 bits per heavy atom. The molecule has 4 rings (SSSR count). The van der Waals surface area contributed by atoms with Crippen molar-refractivity contribution < 1.29 is 19.7 Å². The Kier molecular flexibility index (Phi) is 4.85. The lowest BCUT2D eigenvalue weighted by Crippen LogP contribution is -1.93. The third-order valence-corrected chi connectivity index (χ3v) is 4.18. The molecule has 0 fully saturated rings. The minimum absolute atomic E-state index is 0.171. The van der Waals surface area contributed by atoms with Crippen LogP contribution in [0.5, 0.6) is 34.5 Å². The molecular weight excluding hydrogens is 352 g/mol. The Labute approximate surface area is 162 Å². The Bertz CT molecular complexity index is 1060. The normalized spacial score (nSPS) is 10.4. The van der Waals surface area contributed by atoms with Gasteiger partial charge in [0.2, 0.25) is 0 Å². The van der Waals surface area contributed by atoms with E-state index in [2.05, 4.69) is 0 Å². The maximum absolute atomic E-state index is 9.53. The Morgan fingerprint density at radius 3 is 1.68 bits per heavy atom. The summed E-state index contributed by atoms with van der Waals surface area (Å²) in [5, 5.41) is 19.0. The minimum Gasteiger partial charge on any atom is -0.508 e. The molecule has 0 aliphatic heterocycles. The summed E-state index contributed by atoms with van der Waals surface area (Å²) >= 11 is 0. The lowest BCUT2D eigenvalue weighted by atomic mass is 10.0. The monoisotopic (exact) mass is 370 g/mol. The fourth-order valence-corrected chi connectivity index (χ4v) is 2.82. The smallest absolute Gasteiger partial charge is 0.177 e. The molecule has 0 aromatic heterocycles. The Hall–Kier alpha value is -3.92. The van der Waals surface area contributed by atoms with E-state index >= 15 is 0 Å². The molecule has 4 aromatic rings. The van der Waals surface area contributed by atoms with Gasteiger partial charge in [-0.2, -0.15) is 0 Å². The average Bonchev–Trinajstić information content (AvgIpc) is 2.73. The molecular formula is C24H18O4.